The molecule has 1 aromatic carbocycles. The van der Waals surface area contributed by atoms with Crippen LogP contribution in [0.25, 0.3) is 0 Å². The Morgan fingerprint density at radius 2 is 2.24 bits per heavy atom. The highest BCUT2D eigenvalue weighted by Crippen LogP contribution is 2.30. The van der Waals surface area contributed by atoms with Crippen molar-refractivity contribution in [1.82, 2.24) is 0 Å². The van der Waals surface area contributed by atoms with E-state index in [9.17, 15) is 13.6 Å². The number of halogens is 2. The number of carbonyl (C=O) groups is 1. The summed E-state index contributed by atoms with van der Waals surface area (Å²) in [4.78, 5) is 10.6. The Balaban J connectivity index is 3.24. The number of aliphatic carboxylic acids is 1. The zero-order valence-corrected chi connectivity index (χ0v) is 8.48. The molecule has 1 aromatic rings. The van der Waals surface area contributed by atoms with Gasteiger partial charge in [-0.25, -0.2) is 0 Å². The lowest BCUT2D eigenvalue weighted by atomic mass is 10.1. The fourth-order valence-electron chi connectivity index (χ4n) is 1.30. The molecule has 0 bridgehead atoms. The van der Waals surface area contributed by atoms with Crippen LogP contribution in [0.2, 0.25) is 0 Å². The highest BCUT2D eigenvalue weighted by Gasteiger charge is 2.16. The molecule has 0 unspecified atom stereocenters. The van der Waals surface area contributed by atoms with E-state index in [4.69, 9.17) is 16.1 Å². The predicted molar refractivity (Wildman–Crippen MR) is 53.5 cm³/mol. The predicted octanol–water partition coefficient (Wildman–Crippen LogP) is 1.37. The quantitative estimate of drug-likeness (QED) is 0.777. The van der Waals surface area contributed by atoms with E-state index in [0.717, 1.165) is 12.1 Å². The van der Waals surface area contributed by atoms with Crippen LogP contribution in [0.3, 0.4) is 0 Å². The van der Waals surface area contributed by atoms with Crippen molar-refractivity contribution in [3.8, 4) is 11.8 Å². The van der Waals surface area contributed by atoms with E-state index in [1.807, 2.05) is 0 Å². The molecule has 0 amide bonds. The molecule has 0 aromatic heterocycles. The molecule has 90 valence electrons. The number of carboxylic acids is 1. The molecule has 0 heterocycles. The third-order valence-electron chi connectivity index (χ3n) is 1.87. The summed E-state index contributed by atoms with van der Waals surface area (Å²) in [7, 11) is 0. The first kappa shape index (κ1) is 12.7. The molecule has 0 aliphatic heterocycles. The highest BCUT2D eigenvalue weighted by atomic mass is 19.3. The van der Waals surface area contributed by atoms with Crippen LogP contribution < -0.4 is 10.5 Å². The minimum absolute atomic E-state index is 0.0608. The standard InChI is InChI=1S/C10H8F2N2O3/c11-10(12)17-9-6(3-8(15)16)1-5(4-13)2-7(9)14/h1-2,10H,3,14H2,(H,15,16). The summed E-state index contributed by atoms with van der Waals surface area (Å²) in [6, 6.07) is 4.04. The summed E-state index contributed by atoms with van der Waals surface area (Å²) in [6.07, 6.45) is -0.554. The SMILES string of the molecule is N#Cc1cc(N)c(OC(F)F)c(CC(=O)O)c1. The summed E-state index contributed by atoms with van der Waals surface area (Å²) in [5, 5.41) is 17.3. The molecular formula is C10H8F2N2O3. The molecule has 0 atom stereocenters. The third kappa shape index (κ3) is 3.31. The fraction of sp³-hybridized carbons (Fsp3) is 0.200. The van der Waals surface area contributed by atoms with Gasteiger partial charge in [0, 0.05) is 5.56 Å². The third-order valence-corrected chi connectivity index (χ3v) is 1.87. The van der Waals surface area contributed by atoms with Gasteiger partial charge in [0.1, 0.15) is 0 Å². The fourth-order valence-corrected chi connectivity index (χ4v) is 1.30. The van der Waals surface area contributed by atoms with Gasteiger partial charge in [-0.15, -0.1) is 0 Å². The van der Waals surface area contributed by atoms with Crippen molar-refractivity contribution in [1.29, 1.82) is 5.26 Å². The number of ether oxygens (including phenoxy) is 1. The van der Waals surface area contributed by atoms with Gasteiger partial charge in [0.2, 0.25) is 0 Å². The van der Waals surface area contributed by atoms with Crippen LogP contribution >= 0.6 is 0 Å². The van der Waals surface area contributed by atoms with Gasteiger partial charge in [0.25, 0.3) is 0 Å². The maximum Gasteiger partial charge on any atom is 0.387 e. The Morgan fingerprint density at radius 1 is 1.59 bits per heavy atom. The van der Waals surface area contributed by atoms with E-state index < -0.39 is 24.8 Å². The summed E-state index contributed by atoms with van der Waals surface area (Å²) in [5.41, 5.74) is 5.25. The summed E-state index contributed by atoms with van der Waals surface area (Å²) < 4.78 is 28.4. The number of anilines is 1. The topological polar surface area (TPSA) is 96.3 Å². The molecule has 17 heavy (non-hydrogen) atoms. The van der Waals surface area contributed by atoms with E-state index in [1.54, 1.807) is 6.07 Å². The van der Waals surface area contributed by atoms with Gasteiger partial charge >= 0.3 is 12.6 Å². The molecule has 0 radical (unpaired) electrons. The highest BCUT2D eigenvalue weighted by molar-refractivity contribution is 5.74. The number of nitrogens with zero attached hydrogens (tertiary/aromatic N) is 1. The van der Waals surface area contributed by atoms with E-state index in [1.165, 1.54) is 0 Å². The number of nitrogens with two attached hydrogens (primary N) is 1. The van der Waals surface area contributed by atoms with Gasteiger partial charge in [-0.3, -0.25) is 4.79 Å². The largest absolute Gasteiger partial charge is 0.481 e. The second-order valence-electron chi connectivity index (χ2n) is 3.11. The van der Waals surface area contributed by atoms with Gasteiger partial charge in [-0.05, 0) is 12.1 Å². The minimum atomic E-state index is -3.11. The Kier molecular flexibility index (Phi) is 3.82. The van der Waals surface area contributed by atoms with Crippen molar-refractivity contribution in [2.24, 2.45) is 0 Å². The number of alkyl halides is 2. The molecule has 7 heteroatoms. The van der Waals surface area contributed by atoms with Crippen LogP contribution in [0.4, 0.5) is 14.5 Å². The zero-order chi connectivity index (χ0) is 13.0. The first-order valence-corrected chi connectivity index (χ1v) is 4.43. The second-order valence-corrected chi connectivity index (χ2v) is 3.11. The van der Waals surface area contributed by atoms with Crippen LogP contribution in [-0.2, 0) is 11.2 Å². The Bertz CT molecular complexity index is 483. The molecular weight excluding hydrogens is 234 g/mol. The van der Waals surface area contributed by atoms with Crippen molar-refractivity contribution in [3.63, 3.8) is 0 Å². The number of benzene rings is 1. The van der Waals surface area contributed by atoms with Crippen LogP contribution in [0.5, 0.6) is 5.75 Å². The van der Waals surface area contributed by atoms with Gasteiger partial charge in [0.15, 0.2) is 5.75 Å². The minimum Gasteiger partial charge on any atom is -0.481 e. The van der Waals surface area contributed by atoms with Crippen LogP contribution in [0, 0.1) is 11.3 Å². The van der Waals surface area contributed by atoms with Crippen molar-refractivity contribution in [2.45, 2.75) is 13.0 Å². The molecule has 0 saturated heterocycles. The van der Waals surface area contributed by atoms with E-state index in [0.29, 0.717) is 0 Å². The lowest BCUT2D eigenvalue weighted by Crippen LogP contribution is -2.10. The Morgan fingerprint density at radius 3 is 2.71 bits per heavy atom. The Hall–Kier alpha value is -2.36. The number of rotatable bonds is 4. The molecule has 0 aliphatic rings. The lowest BCUT2D eigenvalue weighted by Gasteiger charge is -2.12. The lowest BCUT2D eigenvalue weighted by molar-refractivity contribution is -0.136. The van der Waals surface area contributed by atoms with Gasteiger partial charge in [0.05, 0.1) is 23.7 Å². The van der Waals surface area contributed by atoms with Gasteiger partial charge in [-0.2, -0.15) is 14.0 Å². The molecule has 0 aliphatic carbocycles. The van der Waals surface area contributed by atoms with E-state index in [2.05, 4.69) is 4.74 Å². The molecule has 3 N–H and O–H groups in total. The van der Waals surface area contributed by atoms with Crippen molar-refractivity contribution in [2.75, 3.05) is 5.73 Å². The Labute approximate surface area is 95.0 Å². The van der Waals surface area contributed by atoms with E-state index >= 15 is 0 Å². The molecule has 1 rings (SSSR count). The monoisotopic (exact) mass is 242 g/mol. The van der Waals surface area contributed by atoms with Gasteiger partial charge < -0.3 is 15.6 Å². The second kappa shape index (κ2) is 5.12. The maximum atomic E-state index is 12.1. The van der Waals surface area contributed by atoms with Crippen molar-refractivity contribution < 1.29 is 23.4 Å². The number of nitrogen functional groups attached to an aromatic ring is 1. The average Bonchev–Trinajstić information content (AvgIpc) is 2.21. The molecule has 0 fully saturated rings. The van der Waals surface area contributed by atoms with Gasteiger partial charge in [-0.1, -0.05) is 0 Å². The zero-order valence-electron chi connectivity index (χ0n) is 8.48. The first-order valence-electron chi connectivity index (χ1n) is 4.43. The molecule has 0 spiro atoms. The number of hydrogen-bond donors (Lipinski definition) is 2. The first-order chi connectivity index (χ1) is 7.93. The summed E-state index contributed by atoms with van der Waals surface area (Å²) in [6.45, 7) is -3.11. The number of hydrogen-bond acceptors (Lipinski definition) is 4. The normalized spacial score (nSPS) is 10.0. The molecule has 5 nitrogen and oxygen atoms in total. The van der Waals surface area contributed by atoms with Crippen LogP contribution in [0.15, 0.2) is 12.1 Å². The molecule has 0 saturated carbocycles. The number of carboxylic acid groups (broad SMARTS) is 1. The summed E-state index contributed by atoms with van der Waals surface area (Å²) in [5.74, 6) is -1.64. The number of nitriles is 1. The van der Waals surface area contributed by atoms with Crippen molar-refractivity contribution in [3.05, 3.63) is 23.3 Å². The van der Waals surface area contributed by atoms with Crippen LogP contribution in [0.1, 0.15) is 11.1 Å². The maximum absolute atomic E-state index is 12.1. The average molecular weight is 242 g/mol. The van der Waals surface area contributed by atoms with Crippen molar-refractivity contribution >= 4 is 11.7 Å². The summed E-state index contributed by atoms with van der Waals surface area (Å²) >= 11 is 0. The van der Waals surface area contributed by atoms with Crippen LogP contribution in [-0.4, -0.2) is 17.7 Å². The van der Waals surface area contributed by atoms with E-state index in [-0.39, 0.29) is 16.8 Å². The smallest absolute Gasteiger partial charge is 0.387 e.